The van der Waals surface area contributed by atoms with E-state index in [4.69, 9.17) is 9.84 Å². The first-order valence-corrected chi connectivity index (χ1v) is 9.49. The number of aliphatic carboxylic acids is 1. The maximum Gasteiger partial charge on any atom is 0.306 e. The summed E-state index contributed by atoms with van der Waals surface area (Å²) < 4.78 is 5.44. The molecule has 1 atom stereocenters. The van der Waals surface area contributed by atoms with Crippen LogP contribution in [-0.4, -0.2) is 52.7 Å². The Kier molecular flexibility index (Phi) is 5.68. The number of benzene rings is 1. The van der Waals surface area contributed by atoms with Gasteiger partial charge in [-0.2, -0.15) is 0 Å². The number of carbonyl (C=O) groups excluding carboxylic acids is 1. The van der Waals surface area contributed by atoms with E-state index in [1.165, 1.54) is 16.9 Å². The van der Waals surface area contributed by atoms with Crippen molar-refractivity contribution in [3.05, 3.63) is 40.4 Å². The van der Waals surface area contributed by atoms with E-state index in [-0.39, 0.29) is 12.3 Å². The highest BCUT2D eigenvalue weighted by atomic mass is 32.1. The van der Waals surface area contributed by atoms with Gasteiger partial charge in [-0.1, -0.05) is 31.2 Å². The number of morpholine rings is 1. The number of carboxylic acids is 1. The molecule has 1 N–H and O–H groups in total. The maximum atomic E-state index is 12.9. The molecular weight excluding hydrogens is 352 g/mol. The van der Waals surface area contributed by atoms with Gasteiger partial charge in [0.05, 0.1) is 24.8 Å². The standard InChI is InChI=1S/C19H22N2O4S/c1-3-13-4-6-14(7-5-13)18-20-12(2)17(26-18)19(24)21-8-9-25-15(11-21)10-16(22)23/h4-7,15H,3,8-11H2,1-2H3,(H,22,23)/t15-/m0/s1. The zero-order valence-corrected chi connectivity index (χ0v) is 15.7. The van der Waals surface area contributed by atoms with Gasteiger partial charge >= 0.3 is 5.97 Å². The number of nitrogens with zero attached hydrogens (tertiary/aromatic N) is 2. The van der Waals surface area contributed by atoms with Crippen molar-refractivity contribution in [2.45, 2.75) is 32.8 Å². The fraction of sp³-hybridized carbons (Fsp3) is 0.421. The molecule has 1 fully saturated rings. The van der Waals surface area contributed by atoms with Crippen molar-refractivity contribution in [3.8, 4) is 10.6 Å². The molecule has 0 unspecified atom stereocenters. The molecule has 0 saturated carbocycles. The zero-order chi connectivity index (χ0) is 18.7. The number of hydrogen-bond donors (Lipinski definition) is 1. The van der Waals surface area contributed by atoms with E-state index in [1.807, 2.05) is 19.1 Å². The largest absolute Gasteiger partial charge is 0.481 e. The second-order valence-corrected chi connectivity index (χ2v) is 7.32. The van der Waals surface area contributed by atoms with Gasteiger partial charge in [-0.05, 0) is 18.9 Å². The van der Waals surface area contributed by atoms with Crippen LogP contribution in [0.3, 0.4) is 0 Å². The number of carbonyl (C=O) groups is 2. The average Bonchev–Trinajstić information content (AvgIpc) is 3.02. The Hall–Kier alpha value is -2.25. The summed E-state index contributed by atoms with van der Waals surface area (Å²) in [6.07, 6.45) is 0.426. The van der Waals surface area contributed by atoms with Crippen molar-refractivity contribution in [2.75, 3.05) is 19.7 Å². The monoisotopic (exact) mass is 374 g/mol. The lowest BCUT2D eigenvalue weighted by molar-refractivity contribution is -0.141. The summed E-state index contributed by atoms with van der Waals surface area (Å²) in [6, 6.07) is 8.21. The Bertz CT molecular complexity index is 800. The summed E-state index contributed by atoms with van der Waals surface area (Å²) in [7, 11) is 0. The summed E-state index contributed by atoms with van der Waals surface area (Å²) in [5, 5.41) is 9.75. The quantitative estimate of drug-likeness (QED) is 0.870. The van der Waals surface area contributed by atoms with Gasteiger partial charge in [0, 0.05) is 18.7 Å². The molecule has 2 aromatic rings. The molecule has 138 valence electrons. The lowest BCUT2D eigenvalue weighted by Gasteiger charge is -2.32. The first-order chi connectivity index (χ1) is 12.5. The van der Waals surface area contributed by atoms with Crippen molar-refractivity contribution in [3.63, 3.8) is 0 Å². The van der Waals surface area contributed by atoms with Crippen molar-refractivity contribution in [1.29, 1.82) is 0 Å². The summed E-state index contributed by atoms with van der Waals surface area (Å²) in [4.78, 5) is 30.6. The van der Waals surface area contributed by atoms with Gasteiger partial charge in [0.15, 0.2) is 0 Å². The van der Waals surface area contributed by atoms with E-state index >= 15 is 0 Å². The van der Waals surface area contributed by atoms with Crippen LogP contribution < -0.4 is 0 Å². The number of carboxylic acid groups (broad SMARTS) is 1. The molecule has 3 rings (SSSR count). The first-order valence-electron chi connectivity index (χ1n) is 8.67. The SMILES string of the molecule is CCc1ccc(-c2nc(C)c(C(=O)N3CCO[C@@H](CC(=O)O)C3)s2)cc1. The number of thiazole rings is 1. The highest BCUT2D eigenvalue weighted by Gasteiger charge is 2.28. The Morgan fingerprint density at radius 3 is 2.73 bits per heavy atom. The molecule has 0 aliphatic carbocycles. The summed E-state index contributed by atoms with van der Waals surface area (Å²) in [6.45, 7) is 5.06. The van der Waals surface area contributed by atoms with Crippen molar-refractivity contribution in [1.82, 2.24) is 9.88 Å². The zero-order valence-electron chi connectivity index (χ0n) is 14.9. The average molecular weight is 374 g/mol. The second kappa shape index (κ2) is 7.97. The van der Waals surface area contributed by atoms with Crippen LogP contribution in [0.5, 0.6) is 0 Å². The van der Waals surface area contributed by atoms with Crippen LogP contribution in [0.1, 0.15) is 34.3 Å². The normalized spacial score (nSPS) is 17.3. The summed E-state index contributed by atoms with van der Waals surface area (Å²) >= 11 is 1.38. The maximum absolute atomic E-state index is 12.9. The van der Waals surface area contributed by atoms with E-state index < -0.39 is 12.1 Å². The molecule has 1 amide bonds. The first kappa shape index (κ1) is 18.5. The fourth-order valence-corrected chi connectivity index (χ4v) is 4.01. The smallest absolute Gasteiger partial charge is 0.306 e. The topological polar surface area (TPSA) is 79.7 Å². The molecule has 1 aromatic carbocycles. The van der Waals surface area contributed by atoms with Gasteiger partial charge in [-0.25, -0.2) is 4.98 Å². The van der Waals surface area contributed by atoms with Crippen LogP contribution in [0.15, 0.2) is 24.3 Å². The second-order valence-electron chi connectivity index (χ2n) is 6.33. The molecule has 0 bridgehead atoms. The van der Waals surface area contributed by atoms with E-state index in [0.717, 1.165) is 17.0 Å². The minimum atomic E-state index is -0.920. The van der Waals surface area contributed by atoms with Crippen LogP contribution in [0.25, 0.3) is 10.6 Å². The number of hydrogen-bond acceptors (Lipinski definition) is 5. The molecule has 1 aliphatic heterocycles. The van der Waals surface area contributed by atoms with E-state index in [0.29, 0.717) is 30.3 Å². The molecule has 2 heterocycles. The van der Waals surface area contributed by atoms with E-state index in [2.05, 4.69) is 24.0 Å². The molecule has 7 heteroatoms. The third-order valence-electron chi connectivity index (χ3n) is 4.43. The Balaban J connectivity index is 1.77. The van der Waals surface area contributed by atoms with Crippen LogP contribution in [0.2, 0.25) is 0 Å². The van der Waals surface area contributed by atoms with Crippen molar-refractivity contribution >= 4 is 23.2 Å². The Morgan fingerprint density at radius 1 is 1.35 bits per heavy atom. The number of ether oxygens (including phenoxy) is 1. The number of aromatic nitrogens is 1. The lowest BCUT2D eigenvalue weighted by atomic mass is 10.1. The summed E-state index contributed by atoms with van der Waals surface area (Å²) in [5.74, 6) is -1.02. The molecule has 0 radical (unpaired) electrons. The molecule has 1 aliphatic rings. The number of aryl methyl sites for hydroxylation is 2. The van der Waals surface area contributed by atoms with Crippen molar-refractivity contribution in [2.24, 2.45) is 0 Å². The van der Waals surface area contributed by atoms with Crippen LogP contribution in [0.4, 0.5) is 0 Å². The van der Waals surface area contributed by atoms with E-state index in [1.54, 1.807) is 4.90 Å². The van der Waals surface area contributed by atoms with Crippen LogP contribution in [-0.2, 0) is 16.0 Å². The summed E-state index contributed by atoms with van der Waals surface area (Å²) in [5.41, 5.74) is 2.96. The van der Waals surface area contributed by atoms with Gasteiger partial charge in [-0.15, -0.1) is 11.3 Å². The minimum Gasteiger partial charge on any atom is -0.481 e. The van der Waals surface area contributed by atoms with Gasteiger partial charge in [0.1, 0.15) is 9.88 Å². The Morgan fingerprint density at radius 2 is 2.08 bits per heavy atom. The molecular formula is C19H22N2O4S. The fourth-order valence-electron chi connectivity index (χ4n) is 2.97. The predicted molar refractivity (Wildman–Crippen MR) is 99.6 cm³/mol. The van der Waals surface area contributed by atoms with Crippen LogP contribution >= 0.6 is 11.3 Å². The number of rotatable bonds is 5. The minimum absolute atomic E-state index is 0.0967. The molecule has 26 heavy (non-hydrogen) atoms. The van der Waals surface area contributed by atoms with Gasteiger partial charge in [0.2, 0.25) is 0 Å². The third-order valence-corrected chi connectivity index (χ3v) is 5.62. The Labute approximate surface area is 156 Å². The number of amides is 1. The predicted octanol–water partition coefficient (Wildman–Crippen LogP) is 3.00. The van der Waals surface area contributed by atoms with Gasteiger partial charge < -0.3 is 14.7 Å². The highest BCUT2D eigenvalue weighted by Crippen LogP contribution is 2.29. The van der Waals surface area contributed by atoms with Crippen LogP contribution in [0, 0.1) is 6.92 Å². The lowest BCUT2D eigenvalue weighted by Crippen LogP contribution is -2.46. The molecule has 1 aromatic heterocycles. The molecule has 0 spiro atoms. The van der Waals surface area contributed by atoms with Gasteiger partial charge in [0.25, 0.3) is 5.91 Å². The highest BCUT2D eigenvalue weighted by molar-refractivity contribution is 7.17. The third kappa shape index (κ3) is 4.11. The van der Waals surface area contributed by atoms with Gasteiger partial charge in [-0.3, -0.25) is 9.59 Å². The van der Waals surface area contributed by atoms with Crippen molar-refractivity contribution < 1.29 is 19.4 Å². The molecule has 6 nitrogen and oxygen atoms in total. The van der Waals surface area contributed by atoms with E-state index in [9.17, 15) is 9.59 Å². The molecule has 1 saturated heterocycles.